The first-order valence-electron chi connectivity index (χ1n) is 10.5. The molecule has 8 nitrogen and oxygen atoms in total. The lowest BCUT2D eigenvalue weighted by Crippen LogP contribution is -2.52. The molecule has 4 heterocycles. The van der Waals surface area contributed by atoms with Crippen LogP contribution < -0.4 is 5.32 Å². The van der Waals surface area contributed by atoms with Gasteiger partial charge in [0, 0.05) is 18.1 Å². The molecule has 2 saturated heterocycles. The molecule has 0 aliphatic carbocycles. The lowest BCUT2D eigenvalue weighted by atomic mass is 9.96. The summed E-state index contributed by atoms with van der Waals surface area (Å²) >= 11 is 0. The largest absolute Gasteiger partial charge is 0.350 e. The van der Waals surface area contributed by atoms with Gasteiger partial charge in [0.15, 0.2) is 0 Å². The van der Waals surface area contributed by atoms with Crippen LogP contribution in [0.5, 0.6) is 0 Å². The third-order valence-electron chi connectivity index (χ3n) is 6.47. The number of hydrogen-bond acceptors (Lipinski definition) is 6. The molecule has 31 heavy (non-hydrogen) atoms. The van der Waals surface area contributed by atoms with E-state index in [-0.39, 0.29) is 35.7 Å². The monoisotopic (exact) mass is 416 g/mol. The van der Waals surface area contributed by atoms with E-state index in [1.807, 2.05) is 53.4 Å². The summed E-state index contributed by atoms with van der Waals surface area (Å²) in [7, 11) is 0. The number of benzene rings is 2. The molecule has 8 heteroatoms. The van der Waals surface area contributed by atoms with Gasteiger partial charge >= 0.3 is 0 Å². The molecule has 1 N–H and O–H groups in total. The predicted octanol–water partition coefficient (Wildman–Crippen LogP) is 3.53. The Kier molecular flexibility index (Phi) is 4.05. The van der Waals surface area contributed by atoms with Gasteiger partial charge in [0.2, 0.25) is 11.5 Å². The fourth-order valence-electron chi connectivity index (χ4n) is 5.09. The average molecular weight is 416 g/mol. The Balaban J connectivity index is 1.20. The van der Waals surface area contributed by atoms with E-state index in [9.17, 15) is 9.59 Å². The Hall–Kier alpha value is -3.68. The van der Waals surface area contributed by atoms with Crippen molar-refractivity contribution in [1.29, 1.82) is 0 Å². The van der Waals surface area contributed by atoms with Crippen molar-refractivity contribution in [2.45, 2.75) is 43.8 Å². The number of carbonyl (C=O) groups is 2. The highest BCUT2D eigenvalue weighted by molar-refractivity contribution is 6.04. The molecule has 2 amide bonds. The van der Waals surface area contributed by atoms with Crippen molar-refractivity contribution < 1.29 is 18.6 Å². The third kappa shape index (κ3) is 2.90. The molecular weight excluding hydrogens is 396 g/mol. The molecule has 4 aromatic rings. The number of hydrogen-bond donors (Lipinski definition) is 1. The van der Waals surface area contributed by atoms with Crippen molar-refractivity contribution >= 4 is 33.6 Å². The Bertz CT molecular complexity index is 1300. The molecule has 0 saturated carbocycles. The first kappa shape index (κ1) is 18.1. The fourth-order valence-corrected chi connectivity index (χ4v) is 5.09. The van der Waals surface area contributed by atoms with Gasteiger partial charge in [0.25, 0.3) is 11.8 Å². The van der Waals surface area contributed by atoms with Crippen molar-refractivity contribution in [1.82, 2.24) is 20.5 Å². The highest BCUT2D eigenvalue weighted by atomic mass is 16.5. The van der Waals surface area contributed by atoms with Gasteiger partial charge in [-0.25, -0.2) is 0 Å². The van der Waals surface area contributed by atoms with Crippen LogP contribution in [0.1, 0.15) is 46.8 Å². The van der Waals surface area contributed by atoms with Crippen LogP contribution >= 0.6 is 0 Å². The van der Waals surface area contributed by atoms with Crippen molar-refractivity contribution in [3.05, 3.63) is 60.1 Å². The van der Waals surface area contributed by atoms with Crippen LogP contribution in [0.4, 0.5) is 0 Å². The smallest absolute Gasteiger partial charge is 0.293 e. The Labute approximate surface area is 177 Å². The number of nitrogens with one attached hydrogen (secondary N) is 1. The number of rotatable bonds is 3. The van der Waals surface area contributed by atoms with Crippen molar-refractivity contribution in [3.8, 4) is 0 Å². The maximum atomic E-state index is 13.3. The molecule has 0 unspecified atom stereocenters. The number of nitrogens with zero attached hydrogens (tertiary/aromatic N) is 3. The Morgan fingerprint density at radius 3 is 2.03 bits per heavy atom. The van der Waals surface area contributed by atoms with Gasteiger partial charge in [-0.1, -0.05) is 34.6 Å². The maximum Gasteiger partial charge on any atom is 0.293 e. The molecule has 2 atom stereocenters. The molecule has 2 fully saturated rings. The second-order valence-electron chi connectivity index (χ2n) is 8.30. The molecule has 6 rings (SSSR count). The zero-order valence-electron chi connectivity index (χ0n) is 16.7. The van der Waals surface area contributed by atoms with Gasteiger partial charge in [-0.05, 0) is 49.9 Å². The van der Waals surface area contributed by atoms with E-state index in [0.29, 0.717) is 35.0 Å². The quantitative estimate of drug-likeness (QED) is 0.548. The predicted molar refractivity (Wildman–Crippen MR) is 111 cm³/mol. The van der Waals surface area contributed by atoms with Crippen LogP contribution in [0.3, 0.4) is 0 Å². The molecule has 2 aliphatic rings. The summed E-state index contributed by atoms with van der Waals surface area (Å²) in [6.07, 6.45) is 3.23. The zero-order chi connectivity index (χ0) is 20.9. The average Bonchev–Trinajstić information content (AvgIpc) is 3.47. The van der Waals surface area contributed by atoms with E-state index >= 15 is 0 Å². The number of piperidine rings is 1. The molecule has 2 aromatic heterocycles. The van der Waals surface area contributed by atoms with Crippen molar-refractivity contribution in [2.75, 3.05) is 0 Å². The van der Waals surface area contributed by atoms with Gasteiger partial charge in [-0.15, -0.1) is 0 Å². The second kappa shape index (κ2) is 6.94. The molecule has 2 aliphatic heterocycles. The van der Waals surface area contributed by atoms with Gasteiger partial charge in [-0.3, -0.25) is 9.59 Å². The lowest BCUT2D eigenvalue weighted by molar-refractivity contribution is 0.0510. The molecule has 2 aromatic carbocycles. The summed E-state index contributed by atoms with van der Waals surface area (Å²) in [6.45, 7) is 0. The summed E-state index contributed by atoms with van der Waals surface area (Å²) in [4.78, 5) is 28.0. The van der Waals surface area contributed by atoms with Gasteiger partial charge < -0.3 is 19.3 Å². The van der Waals surface area contributed by atoms with Crippen LogP contribution in [0, 0.1) is 0 Å². The van der Waals surface area contributed by atoms with Crippen molar-refractivity contribution in [3.63, 3.8) is 0 Å². The van der Waals surface area contributed by atoms with Crippen LogP contribution in [0.15, 0.2) is 57.6 Å². The highest BCUT2D eigenvalue weighted by Gasteiger charge is 2.45. The summed E-state index contributed by atoms with van der Waals surface area (Å²) in [6, 6.07) is 14.9. The molecular formula is C23H20N4O4. The van der Waals surface area contributed by atoms with Gasteiger partial charge in [0.05, 0.1) is 10.8 Å². The summed E-state index contributed by atoms with van der Waals surface area (Å²) < 4.78 is 10.7. The molecule has 2 bridgehead atoms. The lowest BCUT2D eigenvalue weighted by Gasteiger charge is -2.38. The zero-order valence-corrected chi connectivity index (χ0v) is 16.7. The number of amides is 2. The van der Waals surface area contributed by atoms with Crippen LogP contribution in [-0.4, -0.2) is 45.2 Å². The first-order chi connectivity index (χ1) is 15.2. The fraction of sp³-hybridized carbons (Fsp3) is 0.304. The van der Waals surface area contributed by atoms with E-state index in [0.717, 1.165) is 18.2 Å². The van der Waals surface area contributed by atoms with Crippen LogP contribution in [0.2, 0.25) is 0 Å². The number of carbonyl (C=O) groups excluding carboxylic acids is 2. The maximum absolute atomic E-state index is 13.3. The minimum absolute atomic E-state index is 0.0237. The van der Waals surface area contributed by atoms with E-state index in [2.05, 4.69) is 15.6 Å². The van der Waals surface area contributed by atoms with E-state index < -0.39 is 0 Å². The molecule has 0 spiro atoms. The summed E-state index contributed by atoms with van der Waals surface area (Å²) in [5.41, 5.74) is 1.34. The number of aromatic nitrogens is 2. The first-order valence-corrected chi connectivity index (χ1v) is 10.5. The van der Waals surface area contributed by atoms with E-state index in [1.165, 1.54) is 0 Å². The molecule has 0 radical (unpaired) electrons. The minimum atomic E-state index is -0.265. The van der Waals surface area contributed by atoms with E-state index in [1.54, 1.807) is 0 Å². The SMILES string of the molecule is O=C(NC1C[C@@H]2CC[C@@H](C1)N2C(=O)c1onc2ccccc12)c1onc2ccccc12. The second-order valence-corrected chi connectivity index (χ2v) is 8.30. The van der Waals surface area contributed by atoms with Crippen LogP contribution in [0.25, 0.3) is 21.8 Å². The van der Waals surface area contributed by atoms with Gasteiger partial charge in [-0.2, -0.15) is 0 Å². The minimum Gasteiger partial charge on any atom is -0.350 e. The Morgan fingerprint density at radius 2 is 1.39 bits per heavy atom. The van der Waals surface area contributed by atoms with E-state index in [4.69, 9.17) is 9.05 Å². The topological polar surface area (TPSA) is 101 Å². The normalized spacial score (nSPS) is 22.8. The highest BCUT2D eigenvalue weighted by Crippen LogP contribution is 2.38. The number of fused-ring (bicyclic) bond motifs is 4. The summed E-state index contributed by atoms with van der Waals surface area (Å²) in [5, 5.41) is 12.5. The van der Waals surface area contributed by atoms with Gasteiger partial charge in [0.1, 0.15) is 11.0 Å². The van der Waals surface area contributed by atoms with Crippen molar-refractivity contribution in [2.24, 2.45) is 0 Å². The van der Waals surface area contributed by atoms with Crippen LogP contribution in [-0.2, 0) is 0 Å². The third-order valence-corrected chi connectivity index (χ3v) is 6.47. The summed E-state index contributed by atoms with van der Waals surface area (Å²) in [5.74, 6) is 0.143. The standard InChI is InChI=1S/C23H20N4O4/c28-22(20-16-5-1-3-7-18(16)25-30-20)24-13-11-14-9-10-15(12-13)27(14)23(29)21-17-6-2-4-8-19(17)26-31-21/h1-8,13-15H,9-12H2,(H,24,28)/t14-,15-/m0/s1. The Morgan fingerprint density at radius 1 is 0.839 bits per heavy atom. The molecule has 156 valence electrons.